The van der Waals surface area contributed by atoms with Gasteiger partial charge < -0.3 is 14.2 Å². The number of halogens is 3. The number of hydrogen-bond acceptors (Lipinski definition) is 8. The summed E-state index contributed by atoms with van der Waals surface area (Å²) in [6.45, 7) is 0.935. The van der Waals surface area contributed by atoms with Gasteiger partial charge in [0.1, 0.15) is 19.0 Å². The molecule has 0 spiro atoms. The number of aromatic nitrogens is 3. The molecule has 3 aromatic carbocycles. The van der Waals surface area contributed by atoms with Gasteiger partial charge in [-0.15, -0.1) is 10.2 Å². The average Bonchev–Trinajstić information content (AvgIpc) is 3.40. The number of thioether (sulfide) groups is 1. The zero-order valence-corrected chi connectivity index (χ0v) is 21.8. The Kier molecular flexibility index (Phi) is 7.91. The third-order valence-electron chi connectivity index (χ3n) is 5.71. The van der Waals surface area contributed by atoms with E-state index in [0.29, 0.717) is 47.4 Å². The van der Waals surface area contributed by atoms with Gasteiger partial charge in [-0.25, -0.2) is 5.43 Å². The number of methoxy groups -OCH3 is 1. The number of hydrogen-bond donors (Lipinski definition) is 1. The highest BCUT2D eigenvalue weighted by molar-refractivity contribution is 7.99. The van der Waals surface area contributed by atoms with Crippen LogP contribution in [0, 0.1) is 0 Å². The van der Waals surface area contributed by atoms with Crippen LogP contribution in [0.3, 0.4) is 0 Å². The number of benzene rings is 3. The average molecular weight is 570 g/mol. The zero-order valence-electron chi connectivity index (χ0n) is 21.0. The predicted octanol–water partition coefficient (Wildman–Crippen LogP) is 4.98. The maximum absolute atomic E-state index is 13.5. The second kappa shape index (κ2) is 11.7. The molecule has 40 heavy (non-hydrogen) atoms. The normalized spacial score (nSPS) is 12.9. The molecule has 0 fully saturated rings. The Bertz CT molecular complexity index is 1540. The van der Waals surface area contributed by atoms with E-state index in [1.54, 1.807) is 42.5 Å². The lowest BCUT2D eigenvalue weighted by Gasteiger charge is -2.18. The SMILES string of the molecule is COc1ccc(-c2nnc(SCC(=O)N/N=C/c3ccc4c(c3)OCCO4)n2-c2cccc(C(F)(F)F)c2)cc1. The maximum atomic E-state index is 13.5. The number of nitrogens with one attached hydrogen (secondary N) is 1. The molecule has 1 N–H and O–H groups in total. The van der Waals surface area contributed by atoms with Gasteiger partial charge in [-0.05, 0) is 66.2 Å². The van der Waals surface area contributed by atoms with Gasteiger partial charge >= 0.3 is 6.18 Å². The molecule has 4 aromatic rings. The third kappa shape index (κ3) is 6.20. The number of amides is 1. The molecule has 5 rings (SSSR count). The van der Waals surface area contributed by atoms with Crippen molar-refractivity contribution in [2.24, 2.45) is 5.10 Å². The van der Waals surface area contributed by atoms with Crippen LogP contribution in [-0.4, -0.2) is 53.0 Å². The fraction of sp³-hybridized carbons (Fsp3) is 0.185. The number of ether oxygens (including phenoxy) is 3. The third-order valence-corrected chi connectivity index (χ3v) is 6.64. The van der Waals surface area contributed by atoms with Crippen molar-refractivity contribution < 1.29 is 32.2 Å². The number of rotatable bonds is 8. The summed E-state index contributed by atoms with van der Waals surface area (Å²) in [5.41, 5.74) is 3.12. The molecule has 1 aromatic heterocycles. The van der Waals surface area contributed by atoms with Crippen LogP contribution in [0.1, 0.15) is 11.1 Å². The summed E-state index contributed by atoms with van der Waals surface area (Å²) < 4.78 is 58.1. The van der Waals surface area contributed by atoms with Crippen LogP contribution in [0.5, 0.6) is 17.2 Å². The smallest absolute Gasteiger partial charge is 0.416 e. The van der Waals surface area contributed by atoms with E-state index >= 15 is 0 Å². The Morgan fingerprint density at radius 3 is 2.60 bits per heavy atom. The first-order valence-corrected chi connectivity index (χ1v) is 12.9. The molecule has 0 atom stereocenters. The molecule has 0 saturated carbocycles. The van der Waals surface area contributed by atoms with Crippen molar-refractivity contribution in [3.63, 3.8) is 0 Å². The van der Waals surface area contributed by atoms with Gasteiger partial charge in [-0.2, -0.15) is 18.3 Å². The van der Waals surface area contributed by atoms with Crippen molar-refractivity contribution in [1.29, 1.82) is 0 Å². The summed E-state index contributed by atoms with van der Waals surface area (Å²) in [6.07, 6.45) is -3.07. The molecule has 9 nitrogen and oxygen atoms in total. The van der Waals surface area contributed by atoms with Crippen molar-refractivity contribution >= 4 is 23.9 Å². The van der Waals surface area contributed by atoms with Crippen LogP contribution in [-0.2, 0) is 11.0 Å². The number of fused-ring (bicyclic) bond motifs is 1. The minimum Gasteiger partial charge on any atom is -0.497 e. The van der Waals surface area contributed by atoms with Gasteiger partial charge in [0.25, 0.3) is 5.91 Å². The highest BCUT2D eigenvalue weighted by Gasteiger charge is 2.31. The monoisotopic (exact) mass is 569 g/mol. The highest BCUT2D eigenvalue weighted by atomic mass is 32.2. The minimum absolute atomic E-state index is 0.113. The molecule has 13 heteroatoms. The Balaban J connectivity index is 1.34. The van der Waals surface area contributed by atoms with Gasteiger partial charge in [-0.1, -0.05) is 17.8 Å². The van der Waals surface area contributed by atoms with Crippen LogP contribution in [0.4, 0.5) is 13.2 Å². The number of alkyl halides is 3. The Morgan fingerprint density at radius 1 is 1.07 bits per heavy atom. The zero-order chi connectivity index (χ0) is 28.1. The van der Waals surface area contributed by atoms with Gasteiger partial charge in [0.2, 0.25) is 0 Å². The van der Waals surface area contributed by atoms with E-state index in [4.69, 9.17) is 14.2 Å². The molecular weight excluding hydrogens is 547 g/mol. The minimum atomic E-state index is -4.54. The first-order chi connectivity index (χ1) is 19.3. The summed E-state index contributed by atoms with van der Waals surface area (Å²) in [7, 11) is 1.53. The second-order valence-corrected chi connectivity index (χ2v) is 9.35. The first kappa shape index (κ1) is 27.1. The standard InChI is InChI=1S/C27H22F3N5O4S/c1-37-21-8-6-18(7-9-21)25-33-34-26(35(25)20-4-2-3-19(14-20)27(28,29)30)40-16-24(36)32-31-15-17-5-10-22-23(13-17)39-12-11-38-22/h2-10,13-15H,11-12,16H2,1H3,(H,32,36)/b31-15+. The molecule has 206 valence electrons. The van der Waals surface area contributed by atoms with Crippen LogP contribution >= 0.6 is 11.8 Å². The molecule has 0 unspecified atom stereocenters. The van der Waals surface area contributed by atoms with E-state index in [2.05, 4.69) is 20.7 Å². The number of nitrogens with zero attached hydrogens (tertiary/aromatic N) is 4. The van der Waals surface area contributed by atoms with Crippen molar-refractivity contribution in [2.75, 3.05) is 26.1 Å². The van der Waals surface area contributed by atoms with E-state index in [9.17, 15) is 18.0 Å². The lowest BCUT2D eigenvalue weighted by molar-refractivity contribution is -0.137. The molecule has 0 saturated heterocycles. The van der Waals surface area contributed by atoms with Crippen molar-refractivity contribution in [1.82, 2.24) is 20.2 Å². The molecule has 1 aliphatic heterocycles. The van der Waals surface area contributed by atoms with E-state index < -0.39 is 17.6 Å². The summed E-state index contributed by atoms with van der Waals surface area (Å²) in [4.78, 5) is 12.5. The van der Waals surface area contributed by atoms with Gasteiger partial charge in [0, 0.05) is 5.56 Å². The summed E-state index contributed by atoms with van der Waals surface area (Å²) in [5, 5.41) is 12.6. The molecule has 0 aliphatic carbocycles. The van der Waals surface area contributed by atoms with Crippen LogP contribution in [0.2, 0.25) is 0 Å². The molecule has 1 amide bonds. The van der Waals surface area contributed by atoms with E-state index in [1.807, 2.05) is 0 Å². The second-order valence-electron chi connectivity index (χ2n) is 8.40. The lowest BCUT2D eigenvalue weighted by atomic mass is 10.1. The van der Waals surface area contributed by atoms with Crippen molar-refractivity contribution in [3.8, 4) is 34.3 Å². The Labute approximate surface area is 231 Å². The molecule has 0 bridgehead atoms. The first-order valence-electron chi connectivity index (χ1n) is 11.9. The summed E-state index contributed by atoms with van der Waals surface area (Å²) in [6, 6.07) is 17.0. The van der Waals surface area contributed by atoms with Gasteiger partial charge in [0.15, 0.2) is 22.5 Å². The van der Waals surface area contributed by atoms with Crippen molar-refractivity contribution in [2.45, 2.75) is 11.3 Å². The number of carbonyl (C=O) groups is 1. The molecular formula is C27H22F3N5O4S. The maximum Gasteiger partial charge on any atom is 0.416 e. The predicted molar refractivity (Wildman–Crippen MR) is 142 cm³/mol. The highest BCUT2D eigenvalue weighted by Crippen LogP contribution is 2.34. The van der Waals surface area contributed by atoms with E-state index in [0.717, 1.165) is 23.9 Å². The molecule has 0 radical (unpaired) electrons. The number of hydrazone groups is 1. The van der Waals surface area contributed by atoms with E-state index in [-0.39, 0.29) is 16.6 Å². The molecule has 1 aliphatic rings. The molecule has 2 heterocycles. The van der Waals surface area contributed by atoms with Gasteiger partial charge in [-0.3, -0.25) is 9.36 Å². The van der Waals surface area contributed by atoms with Crippen LogP contribution in [0.25, 0.3) is 17.1 Å². The number of carbonyl (C=O) groups excluding carboxylic acids is 1. The largest absolute Gasteiger partial charge is 0.497 e. The van der Waals surface area contributed by atoms with Crippen molar-refractivity contribution in [3.05, 3.63) is 77.9 Å². The lowest BCUT2D eigenvalue weighted by Crippen LogP contribution is -2.20. The van der Waals surface area contributed by atoms with Gasteiger partial charge in [0.05, 0.1) is 30.3 Å². The summed E-state index contributed by atoms with van der Waals surface area (Å²) >= 11 is 1.01. The van der Waals surface area contributed by atoms with Crippen LogP contribution < -0.4 is 19.6 Å². The Morgan fingerprint density at radius 2 is 1.85 bits per heavy atom. The Hall–Kier alpha value is -4.52. The van der Waals surface area contributed by atoms with E-state index in [1.165, 1.54) is 30.0 Å². The quantitative estimate of drug-likeness (QED) is 0.182. The fourth-order valence-corrected chi connectivity index (χ4v) is 4.57. The fourth-order valence-electron chi connectivity index (χ4n) is 3.83. The topological polar surface area (TPSA) is 99.9 Å². The summed E-state index contributed by atoms with van der Waals surface area (Å²) in [5.74, 6) is 1.60. The van der Waals surface area contributed by atoms with Crippen LogP contribution in [0.15, 0.2) is 77.0 Å².